The maximum Gasteiger partial charge on any atom is 0.297 e. The van der Waals surface area contributed by atoms with E-state index in [1.807, 2.05) is 14.1 Å². The van der Waals surface area contributed by atoms with Crippen LogP contribution >= 0.6 is 0 Å². The standard InChI is InChI=1S/C11H18N3O4.HI/c1-9-4-5-10(12(15)16)6-11(9,13(17)18)8-14(2,3)7-10;/h4H,5-8H2,1-3H3;1H/q+1;/p-1. The molecule has 2 rings (SSSR count). The first-order valence-electron chi connectivity index (χ1n) is 5.92. The van der Waals surface area contributed by atoms with Crippen LogP contribution in [0.4, 0.5) is 0 Å². The minimum absolute atomic E-state index is 0. The Morgan fingerprint density at radius 1 is 1.21 bits per heavy atom. The number of nitro groups is 2. The average molecular weight is 383 g/mol. The lowest BCUT2D eigenvalue weighted by molar-refractivity contribution is -0.933. The molecule has 108 valence electrons. The molecule has 8 heteroatoms. The summed E-state index contributed by atoms with van der Waals surface area (Å²) in [6.07, 6.45) is 2.00. The number of hydrogen-bond acceptors (Lipinski definition) is 4. The first kappa shape index (κ1) is 16.3. The summed E-state index contributed by atoms with van der Waals surface area (Å²) in [6, 6.07) is 0. The largest absolute Gasteiger partial charge is 1.00 e. The summed E-state index contributed by atoms with van der Waals surface area (Å²) in [5.41, 5.74) is -1.79. The Hall–Kier alpha value is -0.770. The van der Waals surface area contributed by atoms with E-state index in [9.17, 15) is 20.2 Å². The van der Waals surface area contributed by atoms with E-state index in [1.165, 1.54) is 0 Å². The SMILES string of the molecule is CC1=CCC2([N+](=O)[O-])CC1([N+](=O)[O-])C[N+](C)(C)C2.[I-]. The number of nitrogens with zero attached hydrogens (tertiary/aromatic N) is 3. The first-order chi connectivity index (χ1) is 8.14. The van der Waals surface area contributed by atoms with Gasteiger partial charge in [0.15, 0.2) is 13.1 Å². The molecule has 2 atom stereocenters. The van der Waals surface area contributed by atoms with Crippen LogP contribution in [0, 0.1) is 20.2 Å². The molecule has 0 radical (unpaired) electrons. The van der Waals surface area contributed by atoms with Crippen LogP contribution in [0.25, 0.3) is 0 Å². The number of piperidine rings is 1. The predicted molar refractivity (Wildman–Crippen MR) is 64.3 cm³/mol. The molecule has 19 heavy (non-hydrogen) atoms. The second kappa shape index (κ2) is 4.65. The maximum atomic E-state index is 11.5. The van der Waals surface area contributed by atoms with Gasteiger partial charge in [0.25, 0.3) is 11.1 Å². The molecular weight excluding hydrogens is 365 g/mol. The normalized spacial score (nSPS) is 35.8. The van der Waals surface area contributed by atoms with Crippen molar-refractivity contribution in [1.82, 2.24) is 0 Å². The van der Waals surface area contributed by atoms with Crippen molar-refractivity contribution >= 4 is 0 Å². The van der Waals surface area contributed by atoms with Gasteiger partial charge in [0.2, 0.25) is 0 Å². The monoisotopic (exact) mass is 383 g/mol. The zero-order valence-corrected chi connectivity index (χ0v) is 13.4. The summed E-state index contributed by atoms with van der Waals surface area (Å²) >= 11 is 0. The summed E-state index contributed by atoms with van der Waals surface area (Å²) in [7, 11) is 3.66. The Morgan fingerprint density at radius 3 is 2.26 bits per heavy atom. The van der Waals surface area contributed by atoms with Gasteiger partial charge in [0.1, 0.15) is 6.42 Å². The highest BCUT2D eigenvalue weighted by Crippen LogP contribution is 2.45. The van der Waals surface area contributed by atoms with Crippen LogP contribution in [-0.4, -0.2) is 52.6 Å². The molecule has 2 unspecified atom stereocenters. The van der Waals surface area contributed by atoms with Gasteiger partial charge in [-0.25, -0.2) is 0 Å². The second-order valence-corrected chi connectivity index (χ2v) is 6.29. The summed E-state index contributed by atoms with van der Waals surface area (Å²) in [4.78, 5) is 22.2. The fourth-order valence-corrected chi connectivity index (χ4v) is 3.61. The van der Waals surface area contributed by atoms with Gasteiger partial charge >= 0.3 is 0 Å². The van der Waals surface area contributed by atoms with E-state index in [1.54, 1.807) is 13.0 Å². The summed E-state index contributed by atoms with van der Waals surface area (Å²) in [6.45, 7) is 2.38. The summed E-state index contributed by atoms with van der Waals surface area (Å²) < 4.78 is 0.313. The van der Waals surface area contributed by atoms with E-state index in [0.717, 1.165) is 0 Å². The van der Waals surface area contributed by atoms with Crippen molar-refractivity contribution in [3.63, 3.8) is 0 Å². The first-order valence-corrected chi connectivity index (χ1v) is 5.92. The zero-order valence-electron chi connectivity index (χ0n) is 11.3. The van der Waals surface area contributed by atoms with Crippen molar-refractivity contribution in [1.29, 1.82) is 0 Å². The van der Waals surface area contributed by atoms with Crippen molar-refractivity contribution in [3.8, 4) is 0 Å². The molecular formula is C11H18IN3O4. The Morgan fingerprint density at radius 2 is 1.79 bits per heavy atom. The lowest BCUT2D eigenvalue weighted by Gasteiger charge is -2.48. The molecule has 0 aromatic carbocycles. The van der Waals surface area contributed by atoms with Gasteiger partial charge in [-0.05, 0) is 6.92 Å². The molecule has 0 aromatic heterocycles. The number of quaternary nitrogens is 1. The molecule has 2 aliphatic rings. The van der Waals surface area contributed by atoms with Crippen molar-refractivity contribution in [3.05, 3.63) is 31.9 Å². The van der Waals surface area contributed by atoms with Crippen molar-refractivity contribution < 1.29 is 38.3 Å². The van der Waals surface area contributed by atoms with E-state index < -0.39 is 11.1 Å². The third kappa shape index (κ3) is 2.35. The van der Waals surface area contributed by atoms with Crippen LogP contribution < -0.4 is 24.0 Å². The van der Waals surface area contributed by atoms with Gasteiger partial charge in [0, 0.05) is 21.8 Å². The zero-order chi connectivity index (χ0) is 13.8. The molecule has 0 spiro atoms. The van der Waals surface area contributed by atoms with Crippen LogP contribution in [0.1, 0.15) is 19.8 Å². The lowest BCUT2D eigenvalue weighted by atomic mass is 9.68. The third-order valence-electron chi connectivity index (χ3n) is 4.29. The molecule has 1 heterocycles. The van der Waals surface area contributed by atoms with Crippen molar-refractivity contribution in [2.24, 2.45) is 0 Å². The molecule has 0 saturated carbocycles. The van der Waals surface area contributed by atoms with Gasteiger partial charge in [-0.1, -0.05) is 6.08 Å². The van der Waals surface area contributed by atoms with Gasteiger partial charge < -0.3 is 28.5 Å². The smallest absolute Gasteiger partial charge is 0.297 e. The Balaban J connectivity index is 0.00000180. The summed E-state index contributed by atoms with van der Waals surface area (Å²) in [5, 5.41) is 22.9. The molecule has 7 nitrogen and oxygen atoms in total. The van der Waals surface area contributed by atoms with E-state index in [-0.39, 0.29) is 40.2 Å². The topological polar surface area (TPSA) is 86.3 Å². The van der Waals surface area contributed by atoms with Crippen LogP contribution in [0.5, 0.6) is 0 Å². The molecule has 2 bridgehead atoms. The van der Waals surface area contributed by atoms with Crippen molar-refractivity contribution in [2.75, 3.05) is 27.2 Å². The van der Waals surface area contributed by atoms with Gasteiger partial charge in [-0.3, -0.25) is 20.2 Å². The molecule has 0 N–H and O–H groups in total. The third-order valence-corrected chi connectivity index (χ3v) is 4.29. The van der Waals surface area contributed by atoms with Crippen LogP contribution in [0.3, 0.4) is 0 Å². The fraction of sp³-hybridized carbons (Fsp3) is 0.818. The predicted octanol–water partition coefficient (Wildman–Crippen LogP) is -2.15. The highest BCUT2D eigenvalue weighted by atomic mass is 127. The van der Waals surface area contributed by atoms with Gasteiger partial charge in [0.05, 0.1) is 14.1 Å². The van der Waals surface area contributed by atoms with E-state index in [2.05, 4.69) is 0 Å². The quantitative estimate of drug-likeness (QED) is 0.179. The summed E-state index contributed by atoms with van der Waals surface area (Å²) in [5.74, 6) is 0. The Kier molecular flexibility index (Phi) is 3.99. The van der Waals surface area contributed by atoms with Gasteiger partial charge in [-0.15, -0.1) is 0 Å². The van der Waals surface area contributed by atoms with Crippen LogP contribution in [-0.2, 0) is 0 Å². The number of fused-ring (bicyclic) bond motifs is 2. The number of hydrogen-bond donors (Lipinski definition) is 0. The highest BCUT2D eigenvalue weighted by molar-refractivity contribution is 5.23. The molecule has 0 amide bonds. The number of likely N-dealkylation sites (N-methyl/N-ethyl adjacent to an activating group) is 1. The minimum atomic E-state index is -1.27. The number of rotatable bonds is 2. The molecule has 1 saturated heterocycles. The molecule has 1 aliphatic carbocycles. The highest BCUT2D eigenvalue weighted by Gasteiger charge is 2.68. The van der Waals surface area contributed by atoms with E-state index >= 15 is 0 Å². The van der Waals surface area contributed by atoms with Gasteiger partial charge in [-0.2, -0.15) is 0 Å². The van der Waals surface area contributed by atoms with E-state index in [0.29, 0.717) is 29.6 Å². The minimum Gasteiger partial charge on any atom is -1.00 e. The Bertz CT molecular complexity index is 465. The van der Waals surface area contributed by atoms with Crippen LogP contribution in [0.2, 0.25) is 0 Å². The fourth-order valence-electron chi connectivity index (χ4n) is 3.61. The lowest BCUT2D eigenvalue weighted by Crippen LogP contribution is -3.00. The molecule has 1 fully saturated rings. The average Bonchev–Trinajstić information content (AvgIpc) is 2.21. The molecule has 1 aliphatic heterocycles. The van der Waals surface area contributed by atoms with Crippen molar-refractivity contribution in [2.45, 2.75) is 30.8 Å². The van der Waals surface area contributed by atoms with E-state index in [4.69, 9.17) is 0 Å². The maximum absolute atomic E-state index is 11.5. The molecule has 0 aromatic rings. The second-order valence-electron chi connectivity index (χ2n) is 6.29. The van der Waals surface area contributed by atoms with Crippen LogP contribution in [0.15, 0.2) is 11.6 Å². The number of likely N-dealkylation sites (tertiary alicyclic amines) is 1. The number of halogens is 1. The Labute approximate surface area is 128 Å².